The number of carbonyl (C=O) groups excluding carboxylic acids is 1. The Morgan fingerprint density at radius 1 is 1.18 bits per heavy atom. The summed E-state index contributed by atoms with van der Waals surface area (Å²) < 4.78 is 0. The third kappa shape index (κ3) is 3.20. The minimum atomic E-state index is -1.11. The van der Waals surface area contributed by atoms with Crippen LogP contribution in [0.2, 0.25) is 0 Å². The van der Waals surface area contributed by atoms with E-state index in [-0.39, 0.29) is 12.5 Å². The first-order valence-electron chi connectivity index (χ1n) is 7.13. The number of aliphatic carboxylic acids is 1. The van der Waals surface area contributed by atoms with Crippen LogP contribution in [0.15, 0.2) is 42.5 Å². The molecule has 116 valence electrons. The Bertz CT molecular complexity index is 666. The molecule has 1 atom stereocenters. The fourth-order valence-electron chi connectivity index (χ4n) is 2.41. The van der Waals surface area contributed by atoms with E-state index in [1.807, 2.05) is 38.1 Å². The number of carboxylic acid groups (broad SMARTS) is 1. The van der Waals surface area contributed by atoms with Crippen LogP contribution in [0.3, 0.4) is 0 Å². The standard InChI is InChI=1S/C17H19NO3S/c1-3-17(16(20)21,13-7-5-4-6-8-13)11-18-15(19)14-10-9-12(2)22-14/h4-10H,3,11H2,1-2H3,(H,18,19)(H,20,21). The van der Waals surface area contributed by atoms with Crippen molar-refractivity contribution in [3.05, 3.63) is 57.8 Å². The molecule has 0 bridgehead atoms. The molecule has 0 aliphatic rings. The Kier molecular flexibility index (Phi) is 4.98. The Morgan fingerprint density at radius 2 is 1.86 bits per heavy atom. The van der Waals surface area contributed by atoms with Crippen molar-refractivity contribution in [1.29, 1.82) is 0 Å². The summed E-state index contributed by atoms with van der Waals surface area (Å²) in [6.45, 7) is 3.82. The number of hydrogen-bond acceptors (Lipinski definition) is 3. The average Bonchev–Trinajstić information content (AvgIpc) is 2.95. The van der Waals surface area contributed by atoms with Gasteiger partial charge in [0.2, 0.25) is 0 Å². The smallest absolute Gasteiger partial charge is 0.315 e. The molecule has 2 aromatic rings. The minimum Gasteiger partial charge on any atom is -0.481 e. The van der Waals surface area contributed by atoms with Gasteiger partial charge in [-0.25, -0.2) is 0 Å². The van der Waals surface area contributed by atoms with E-state index in [4.69, 9.17) is 0 Å². The van der Waals surface area contributed by atoms with Gasteiger partial charge in [-0.3, -0.25) is 9.59 Å². The fourth-order valence-corrected chi connectivity index (χ4v) is 3.20. The molecule has 1 unspecified atom stereocenters. The Morgan fingerprint density at radius 3 is 2.36 bits per heavy atom. The maximum atomic E-state index is 12.2. The number of amides is 1. The van der Waals surface area contributed by atoms with Crippen molar-refractivity contribution in [2.75, 3.05) is 6.54 Å². The number of carbonyl (C=O) groups is 2. The molecule has 1 heterocycles. The molecule has 2 rings (SSSR count). The quantitative estimate of drug-likeness (QED) is 0.859. The molecule has 0 aliphatic carbocycles. The third-order valence-corrected chi connectivity index (χ3v) is 4.85. The van der Waals surface area contributed by atoms with E-state index in [1.165, 1.54) is 11.3 Å². The molecule has 1 aromatic carbocycles. The lowest BCUT2D eigenvalue weighted by Crippen LogP contribution is -2.46. The van der Waals surface area contributed by atoms with E-state index in [1.54, 1.807) is 18.2 Å². The van der Waals surface area contributed by atoms with Crippen molar-refractivity contribution < 1.29 is 14.7 Å². The number of benzene rings is 1. The Hall–Kier alpha value is -2.14. The Labute approximate surface area is 133 Å². The van der Waals surface area contributed by atoms with Crippen LogP contribution in [0.5, 0.6) is 0 Å². The zero-order chi connectivity index (χ0) is 16.2. The lowest BCUT2D eigenvalue weighted by molar-refractivity contribution is -0.143. The van der Waals surface area contributed by atoms with Crippen molar-refractivity contribution in [3.8, 4) is 0 Å². The van der Waals surface area contributed by atoms with Crippen LogP contribution < -0.4 is 5.32 Å². The first-order chi connectivity index (χ1) is 10.5. The van der Waals surface area contributed by atoms with Gasteiger partial charge in [0, 0.05) is 11.4 Å². The second-order valence-electron chi connectivity index (χ2n) is 5.20. The predicted molar refractivity (Wildman–Crippen MR) is 87.4 cm³/mol. The molecule has 4 nitrogen and oxygen atoms in total. The van der Waals surface area contributed by atoms with Crippen LogP contribution in [0.1, 0.15) is 33.5 Å². The molecule has 1 amide bonds. The first-order valence-corrected chi connectivity index (χ1v) is 7.95. The molecule has 0 spiro atoms. The van der Waals surface area contributed by atoms with Gasteiger partial charge < -0.3 is 10.4 Å². The van der Waals surface area contributed by atoms with Crippen LogP contribution in [0, 0.1) is 6.92 Å². The second-order valence-corrected chi connectivity index (χ2v) is 6.49. The molecule has 0 saturated carbocycles. The molecular formula is C17H19NO3S. The van der Waals surface area contributed by atoms with Gasteiger partial charge in [0.1, 0.15) is 5.41 Å². The molecule has 0 saturated heterocycles. The molecule has 0 fully saturated rings. The van der Waals surface area contributed by atoms with E-state index in [0.717, 1.165) is 4.88 Å². The highest BCUT2D eigenvalue weighted by atomic mass is 32.1. The fraction of sp³-hybridized carbons (Fsp3) is 0.294. The van der Waals surface area contributed by atoms with Crippen molar-refractivity contribution >= 4 is 23.2 Å². The van der Waals surface area contributed by atoms with Gasteiger partial charge in [-0.15, -0.1) is 11.3 Å². The van der Waals surface area contributed by atoms with Crippen LogP contribution in [-0.4, -0.2) is 23.5 Å². The maximum absolute atomic E-state index is 12.2. The highest BCUT2D eigenvalue weighted by Crippen LogP contribution is 2.28. The zero-order valence-electron chi connectivity index (χ0n) is 12.6. The molecule has 0 radical (unpaired) electrons. The van der Waals surface area contributed by atoms with Crippen molar-refractivity contribution in [3.63, 3.8) is 0 Å². The highest BCUT2D eigenvalue weighted by Gasteiger charge is 2.39. The number of rotatable bonds is 6. The summed E-state index contributed by atoms with van der Waals surface area (Å²) >= 11 is 1.40. The third-order valence-electron chi connectivity index (χ3n) is 3.85. The van der Waals surface area contributed by atoms with Crippen LogP contribution in [0.25, 0.3) is 0 Å². The molecule has 0 aliphatic heterocycles. The summed E-state index contributed by atoms with van der Waals surface area (Å²) in [5, 5.41) is 12.5. The summed E-state index contributed by atoms with van der Waals surface area (Å²) in [6.07, 6.45) is 0.399. The van der Waals surface area contributed by atoms with E-state index in [0.29, 0.717) is 16.9 Å². The van der Waals surface area contributed by atoms with Crippen LogP contribution in [-0.2, 0) is 10.2 Å². The van der Waals surface area contributed by atoms with Gasteiger partial charge in [0.15, 0.2) is 0 Å². The molecule has 22 heavy (non-hydrogen) atoms. The number of carboxylic acids is 1. The van der Waals surface area contributed by atoms with Crippen molar-refractivity contribution in [2.24, 2.45) is 0 Å². The lowest BCUT2D eigenvalue weighted by Gasteiger charge is -2.29. The van der Waals surface area contributed by atoms with Gasteiger partial charge in [-0.05, 0) is 31.0 Å². The normalized spacial score (nSPS) is 13.4. The maximum Gasteiger partial charge on any atom is 0.315 e. The largest absolute Gasteiger partial charge is 0.481 e. The van der Waals surface area contributed by atoms with E-state index in [9.17, 15) is 14.7 Å². The first kappa shape index (κ1) is 16.2. The summed E-state index contributed by atoms with van der Waals surface area (Å²) in [5.41, 5.74) is -0.406. The topological polar surface area (TPSA) is 66.4 Å². The highest BCUT2D eigenvalue weighted by molar-refractivity contribution is 7.13. The second kappa shape index (κ2) is 6.75. The number of aryl methyl sites for hydroxylation is 1. The lowest BCUT2D eigenvalue weighted by atomic mass is 9.78. The SMILES string of the molecule is CCC(CNC(=O)c1ccc(C)s1)(C(=O)O)c1ccccc1. The Balaban J connectivity index is 2.21. The van der Waals surface area contributed by atoms with Gasteiger partial charge in [-0.2, -0.15) is 0 Å². The minimum absolute atomic E-state index is 0.0681. The van der Waals surface area contributed by atoms with Gasteiger partial charge in [0.05, 0.1) is 4.88 Å². The van der Waals surface area contributed by atoms with Gasteiger partial charge in [-0.1, -0.05) is 37.3 Å². The zero-order valence-corrected chi connectivity index (χ0v) is 13.4. The predicted octanol–water partition coefficient (Wildman–Crippen LogP) is 3.22. The molecule has 1 aromatic heterocycles. The van der Waals surface area contributed by atoms with E-state index in [2.05, 4.69) is 5.32 Å². The van der Waals surface area contributed by atoms with Crippen molar-refractivity contribution in [2.45, 2.75) is 25.7 Å². The summed E-state index contributed by atoms with van der Waals surface area (Å²) in [7, 11) is 0. The monoisotopic (exact) mass is 317 g/mol. The van der Waals surface area contributed by atoms with E-state index >= 15 is 0 Å². The number of thiophene rings is 1. The molecule has 2 N–H and O–H groups in total. The van der Waals surface area contributed by atoms with E-state index < -0.39 is 11.4 Å². The number of nitrogens with one attached hydrogen (secondary N) is 1. The number of hydrogen-bond donors (Lipinski definition) is 2. The summed E-state index contributed by atoms with van der Waals surface area (Å²) in [6, 6.07) is 12.7. The summed E-state index contributed by atoms with van der Waals surface area (Å²) in [5.74, 6) is -1.16. The average molecular weight is 317 g/mol. The summed E-state index contributed by atoms with van der Waals surface area (Å²) in [4.78, 5) is 25.7. The van der Waals surface area contributed by atoms with Crippen LogP contribution in [0.4, 0.5) is 0 Å². The van der Waals surface area contributed by atoms with Gasteiger partial charge in [0.25, 0.3) is 5.91 Å². The van der Waals surface area contributed by atoms with Gasteiger partial charge >= 0.3 is 5.97 Å². The molecule has 5 heteroatoms. The van der Waals surface area contributed by atoms with Crippen molar-refractivity contribution in [1.82, 2.24) is 5.32 Å². The van der Waals surface area contributed by atoms with Crippen LogP contribution >= 0.6 is 11.3 Å². The molecular weight excluding hydrogens is 298 g/mol.